The van der Waals surface area contributed by atoms with Crippen LogP contribution in [0.4, 0.5) is 0 Å². The van der Waals surface area contributed by atoms with Gasteiger partial charge in [-0.3, -0.25) is 0 Å². The number of nitrogens with one attached hydrogen (secondary N) is 1. The molecule has 1 N–H and O–H groups in total. The van der Waals surface area contributed by atoms with Gasteiger partial charge < -0.3 is 5.32 Å². The van der Waals surface area contributed by atoms with Crippen molar-refractivity contribution in [3.63, 3.8) is 0 Å². The maximum atomic E-state index is 4.76. The van der Waals surface area contributed by atoms with Crippen LogP contribution in [0.2, 0.25) is 0 Å². The van der Waals surface area contributed by atoms with Crippen LogP contribution in [0.3, 0.4) is 0 Å². The van der Waals surface area contributed by atoms with E-state index < -0.39 is 0 Å². The molecule has 2 rings (SSSR count). The van der Waals surface area contributed by atoms with Crippen LogP contribution in [0.5, 0.6) is 0 Å². The highest BCUT2D eigenvalue weighted by Crippen LogP contribution is 2.26. The van der Waals surface area contributed by atoms with Gasteiger partial charge in [0.05, 0.1) is 10.7 Å². The molecule has 0 aliphatic carbocycles. The SMILES string of the molecule is CNC(Cc1nc(-c2ccccc2)cs1)C(C)(C)C. The Morgan fingerprint density at radius 1 is 1.21 bits per heavy atom. The summed E-state index contributed by atoms with van der Waals surface area (Å²) in [6.45, 7) is 6.79. The van der Waals surface area contributed by atoms with Crippen LogP contribution in [0.15, 0.2) is 35.7 Å². The summed E-state index contributed by atoms with van der Waals surface area (Å²) in [5, 5.41) is 6.76. The molecule has 2 aromatic rings. The van der Waals surface area contributed by atoms with E-state index in [1.54, 1.807) is 11.3 Å². The standard InChI is InChI=1S/C16H22N2S/c1-16(2,3)14(17-4)10-15-18-13(11-19-15)12-8-6-5-7-9-12/h5-9,11,14,17H,10H2,1-4H3. The Morgan fingerprint density at radius 2 is 1.89 bits per heavy atom. The molecule has 0 saturated carbocycles. The van der Waals surface area contributed by atoms with Gasteiger partial charge in [0.2, 0.25) is 0 Å². The highest BCUT2D eigenvalue weighted by molar-refractivity contribution is 7.09. The average molecular weight is 274 g/mol. The van der Waals surface area contributed by atoms with Gasteiger partial charge in [0.1, 0.15) is 0 Å². The van der Waals surface area contributed by atoms with Gasteiger partial charge in [0.15, 0.2) is 0 Å². The third-order valence-electron chi connectivity index (χ3n) is 3.39. The first-order valence-corrected chi connectivity index (χ1v) is 7.56. The Morgan fingerprint density at radius 3 is 2.47 bits per heavy atom. The van der Waals surface area contributed by atoms with Crippen LogP contribution in [-0.4, -0.2) is 18.1 Å². The zero-order valence-corrected chi connectivity index (χ0v) is 12.9. The van der Waals surface area contributed by atoms with E-state index >= 15 is 0 Å². The van der Waals surface area contributed by atoms with E-state index in [-0.39, 0.29) is 5.41 Å². The molecule has 0 radical (unpaired) electrons. The first-order chi connectivity index (χ1) is 9.00. The maximum absolute atomic E-state index is 4.76. The summed E-state index contributed by atoms with van der Waals surface area (Å²) in [6.07, 6.45) is 0.984. The van der Waals surface area contributed by atoms with Crippen molar-refractivity contribution in [2.24, 2.45) is 5.41 Å². The molecule has 1 atom stereocenters. The Hall–Kier alpha value is -1.19. The van der Waals surface area contributed by atoms with Gasteiger partial charge in [-0.25, -0.2) is 4.98 Å². The van der Waals surface area contributed by atoms with E-state index in [1.165, 1.54) is 10.6 Å². The van der Waals surface area contributed by atoms with Gasteiger partial charge in [-0.2, -0.15) is 0 Å². The summed E-state index contributed by atoms with van der Waals surface area (Å²) < 4.78 is 0. The summed E-state index contributed by atoms with van der Waals surface area (Å²) in [7, 11) is 2.03. The zero-order valence-electron chi connectivity index (χ0n) is 12.1. The second-order valence-corrected chi connectivity index (χ2v) is 6.85. The van der Waals surface area contributed by atoms with E-state index in [0.717, 1.165) is 12.1 Å². The molecule has 1 unspecified atom stereocenters. The maximum Gasteiger partial charge on any atom is 0.0948 e. The van der Waals surface area contributed by atoms with Crippen LogP contribution in [-0.2, 0) is 6.42 Å². The van der Waals surface area contributed by atoms with E-state index in [0.29, 0.717) is 6.04 Å². The summed E-state index contributed by atoms with van der Waals surface area (Å²) in [6, 6.07) is 10.8. The van der Waals surface area contributed by atoms with Crippen molar-refractivity contribution in [1.29, 1.82) is 0 Å². The Labute approximate surface area is 119 Å². The lowest BCUT2D eigenvalue weighted by atomic mass is 9.85. The molecule has 102 valence electrons. The van der Waals surface area contributed by atoms with Crippen LogP contribution in [0, 0.1) is 5.41 Å². The molecule has 1 aromatic carbocycles. The van der Waals surface area contributed by atoms with Crippen molar-refractivity contribution < 1.29 is 0 Å². The van der Waals surface area contributed by atoms with Gasteiger partial charge in [-0.1, -0.05) is 51.1 Å². The van der Waals surface area contributed by atoms with Crippen molar-refractivity contribution in [3.8, 4) is 11.3 Å². The molecular weight excluding hydrogens is 252 g/mol. The van der Waals surface area contributed by atoms with Gasteiger partial charge in [-0.05, 0) is 12.5 Å². The molecule has 2 nitrogen and oxygen atoms in total. The number of likely N-dealkylation sites (N-methyl/N-ethyl adjacent to an activating group) is 1. The number of rotatable bonds is 4. The van der Waals surface area contributed by atoms with Gasteiger partial charge in [-0.15, -0.1) is 11.3 Å². The number of benzene rings is 1. The minimum atomic E-state index is 0.243. The van der Waals surface area contributed by atoms with Crippen LogP contribution in [0.25, 0.3) is 11.3 Å². The molecule has 0 aliphatic heterocycles. The Kier molecular flexibility index (Phi) is 4.38. The molecule has 1 heterocycles. The lowest BCUT2D eigenvalue weighted by molar-refractivity contribution is 0.279. The van der Waals surface area contributed by atoms with E-state index in [1.807, 2.05) is 13.1 Å². The van der Waals surface area contributed by atoms with Crippen molar-refractivity contribution >= 4 is 11.3 Å². The first kappa shape index (κ1) is 14.2. The van der Waals surface area contributed by atoms with E-state index in [4.69, 9.17) is 4.98 Å². The van der Waals surface area contributed by atoms with Gasteiger partial charge >= 0.3 is 0 Å². The normalized spacial score (nSPS) is 13.5. The third-order valence-corrected chi connectivity index (χ3v) is 4.27. The zero-order chi connectivity index (χ0) is 13.9. The Bertz CT molecular complexity index is 511. The molecule has 19 heavy (non-hydrogen) atoms. The molecule has 0 fully saturated rings. The smallest absolute Gasteiger partial charge is 0.0948 e. The molecule has 0 aliphatic rings. The summed E-state index contributed by atoms with van der Waals surface area (Å²) in [4.78, 5) is 4.76. The quantitative estimate of drug-likeness (QED) is 0.912. The highest BCUT2D eigenvalue weighted by Gasteiger charge is 2.24. The fourth-order valence-electron chi connectivity index (χ4n) is 2.16. The van der Waals surface area contributed by atoms with Crippen LogP contribution < -0.4 is 5.32 Å². The molecular formula is C16H22N2S. The molecule has 0 bridgehead atoms. The number of thiazole rings is 1. The molecule has 3 heteroatoms. The third kappa shape index (κ3) is 3.64. The van der Waals surface area contributed by atoms with Crippen molar-refractivity contribution in [2.45, 2.75) is 33.2 Å². The first-order valence-electron chi connectivity index (χ1n) is 6.68. The van der Waals surface area contributed by atoms with Crippen molar-refractivity contribution in [1.82, 2.24) is 10.3 Å². The van der Waals surface area contributed by atoms with Crippen LogP contribution in [0.1, 0.15) is 25.8 Å². The number of nitrogens with zero attached hydrogens (tertiary/aromatic N) is 1. The monoisotopic (exact) mass is 274 g/mol. The Balaban J connectivity index is 2.14. The van der Waals surface area contributed by atoms with Gasteiger partial charge in [0, 0.05) is 23.4 Å². The molecule has 0 amide bonds. The fraction of sp³-hybridized carbons (Fsp3) is 0.438. The van der Waals surface area contributed by atoms with E-state index in [9.17, 15) is 0 Å². The molecule has 0 saturated heterocycles. The fourth-order valence-corrected chi connectivity index (χ4v) is 3.01. The molecule has 0 spiro atoms. The number of hydrogen-bond donors (Lipinski definition) is 1. The second-order valence-electron chi connectivity index (χ2n) is 5.90. The van der Waals surface area contributed by atoms with Crippen molar-refractivity contribution in [2.75, 3.05) is 7.05 Å². The van der Waals surface area contributed by atoms with Crippen molar-refractivity contribution in [3.05, 3.63) is 40.7 Å². The average Bonchev–Trinajstić information content (AvgIpc) is 2.84. The van der Waals surface area contributed by atoms with E-state index in [2.05, 4.69) is 55.7 Å². The number of aromatic nitrogens is 1. The van der Waals surface area contributed by atoms with Crippen LogP contribution >= 0.6 is 11.3 Å². The summed E-state index contributed by atoms with van der Waals surface area (Å²) in [5.74, 6) is 0. The second kappa shape index (κ2) is 5.85. The summed E-state index contributed by atoms with van der Waals surface area (Å²) >= 11 is 1.75. The minimum absolute atomic E-state index is 0.243. The predicted octanol–water partition coefficient (Wildman–Crippen LogP) is 3.99. The predicted molar refractivity (Wildman–Crippen MR) is 83.6 cm³/mol. The minimum Gasteiger partial charge on any atom is -0.316 e. The summed E-state index contributed by atoms with van der Waals surface area (Å²) in [5.41, 5.74) is 2.53. The highest BCUT2D eigenvalue weighted by atomic mass is 32.1. The topological polar surface area (TPSA) is 24.9 Å². The van der Waals surface area contributed by atoms with Gasteiger partial charge in [0.25, 0.3) is 0 Å². The lowest BCUT2D eigenvalue weighted by Crippen LogP contribution is -2.39. The lowest BCUT2D eigenvalue weighted by Gasteiger charge is -2.29. The largest absolute Gasteiger partial charge is 0.316 e. The number of hydrogen-bond acceptors (Lipinski definition) is 3. The molecule has 1 aromatic heterocycles.